The van der Waals surface area contributed by atoms with Gasteiger partial charge in [-0.3, -0.25) is 4.79 Å². The maximum absolute atomic E-state index is 11.7. The molecule has 0 aromatic carbocycles. The second-order valence-electron chi connectivity index (χ2n) is 5.57. The van der Waals surface area contributed by atoms with Gasteiger partial charge in [-0.25, -0.2) is 0 Å². The molecule has 0 aliphatic heterocycles. The number of hydrogen-bond acceptors (Lipinski definition) is 3. The molecule has 2 aliphatic carbocycles. The van der Waals surface area contributed by atoms with Crippen molar-refractivity contribution in [1.29, 1.82) is 0 Å². The van der Waals surface area contributed by atoms with Crippen LogP contribution < -0.4 is 11.1 Å². The van der Waals surface area contributed by atoms with Crippen LogP contribution in [0.5, 0.6) is 0 Å². The number of rotatable bonds is 5. The maximum Gasteiger partial charge on any atom is 0.221 e. The van der Waals surface area contributed by atoms with E-state index in [1.54, 1.807) is 0 Å². The molecule has 2 rings (SSSR count). The van der Waals surface area contributed by atoms with Crippen molar-refractivity contribution in [1.82, 2.24) is 5.32 Å². The van der Waals surface area contributed by atoms with Crippen LogP contribution in [0.1, 0.15) is 46.0 Å². The maximum atomic E-state index is 11.7. The minimum atomic E-state index is -0.0601. The Kier molecular flexibility index (Phi) is 3.73. The van der Waals surface area contributed by atoms with Crippen LogP contribution in [0, 0.1) is 5.41 Å². The van der Waals surface area contributed by atoms with Gasteiger partial charge in [-0.1, -0.05) is 6.42 Å². The van der Waals surface area contributed by atoms with Crippen LogP contribution >= 0.6 is 0 Å². The average Bonchev–Trinajstić information content (AvgIpc) is 2.11. The minimum absolute atomic E-state index is 0.0601. The fraction of sp³-hybridized carbons (Fsp3) is 0.923. The second kappa shape index (κ2) is 4.94. The first kappa shape index (κ1) is 12.8. The van der Waals surface area contributed by atoms with Crippen molar-refractivity contribution in [3.63, 3.8) is 0 Å². The van der Waals surface area contributed by atoms with Gasteiger partial charge in [0.05, 0.1) is 6.10 Å². The Labute approximate surface area is 103 Å². The first-order valence-electron chi connectivity index (χ1n) is 6.75. The molecule has 3 N–H and O–H groups in total. The lowest BCUT2D eigenvalue weighted by Gasteiger charge is -2.61. The molecule has 98 valence electrons. The fourth-order valence-corrected chi connectivity index (χ4v) is 3.19. The fourth-order valence-electron chi connectivity index (χ4n) is 3.19. The van der Waals surface area contributed by atoms with Gasteiger partial charge in [0.2, 0.25) is 5.91 Å². The molecule has 0 aromatic heterocycles. The second-order valence-corrected chi connectivity index (χ2v) is 5.57. The molecule has 17 heavy (non-hydrogen) atoms. The Balaban J connectivity index is 1.85. The van der Waals surface area contributed by atoms with Crippen LogP contribution in [0.4, 0.5) is 0 Å². The first-order chi connectivity index (χ1) is 8.08. The smallest absolute Gasteiger partial charge is 0.221 e. The highest BCUT2D eigenvalue weighted by Gasteiger charge is 2.59. The van der Waals surface area contributed by atoms with Gasteiger partial charge >= 0.3 is 0 Å². The van der Waals surface area contributed by atoms with E-state index in [1.165, 1.54) is 19.3 Å². The standard InChI is InChI=1S/C13H24N2O2/c1-3-17-11-8-10(13(11)5-4-6-13)15-12(16)7-9(2)14/h9-11H,3-8,14H2,1-2H3,(H,15,16). The monoisotopic (exact) mass is 240 g/mol. The molecule has 3 atom stereocenters. The summed E-state index contributed by atoms with van der Waals surface area (Å²) in [6, 6.07) is 0.258. The molecule has 2 aliphatic rings. The first-order valence-corrected chi connectivity index (χ1v) is 6.75. The summed E-state index contributed by atoms with van der Waals surface area (Å²) in [5.74, 6) is 0.0891. The summed E-state index contributed by atoms with van der Waals surface area (Å²) in [6.07, 6.45) is 5.41. The molecule has 0 bridgehead atoms. The Morgan fingerprint density at radius 1 is 1.59 bits per heavy atom. The number of nitrogens with two attached hydrogens (primary N) is 1. The minimum Gasteiger partial charge on any atom is -0.378 e. The van der Waals surface area contributed by atoms with Crippen LogP contribution in [0.15, 0.2) is 0 Å². The molecule has 0 saturated heterocycles. The van der Waals surface area contributed by atoms with E-state index in [9.17, 15) is 4.79 Å². The average molecular weight is 240 g/mol. The molecule has 1 amide bonds. The molecule has 2 fully saturated rings. The van der Waals surface area contributed by atoms with Crippen LogP contribution in [-0.2, 0) is 9.53 Å². The lowest BCUT2D eigenvalue weighted by molar-refractivity contribution is -0.175. The molecule has 2 saturated carbocycles. The van der Waals surface area contributed by atoms with E-state index >= 15 is 0 Å². The summed E-state index contributed by atoms with van der Waals surface area (Å²) >= 11 is 0. The summed E-state index contributed by atoms with van der Waals surface area (Å²) in [6.45, 7) is 4.67. The quantitative estimate of drug-likeness (QED) is 0.758. The summed E-state index contributed by atoms with van der Waals surface area (Å²) in [7, 11) is 0. The number of ether oxygens (including phenoxy) is 1. The Bertz CT molecular complexity index is 287. The Hall–Kier alpha value is -0.610. The third-order valence-electron chi connectivity index (χ3n) is 4.28. The van der Waals surface area contributed by atoms with Gasteiger partial charge in [-0.2, -0.15) is 0 Å². The summed E-state index contributed by atoms with van der Waals surface area (Å²) < 4.78 is 5.75. The SMILES string of the molecule is CCOC1CC(NC(=O)CC(C)N)C12CCC2. The highest BCUT2D eigenvalue weighted by atomic mass is 16.5. The van der Waals surface area contributed by atoms with Crippen molar-refractivity contribution in [2.75, 3.05) is 6.61 Å². The van der Waals surface area contributed by atoms with Gasteiger partial charge in [0, 0.05) is 30.5 Å². The molecular formula is C13H24N2O2. The van der Waals surface area contributed by atoms with Crippen molar-refractivity contribution in [2.24, 2.45) is 11.1 Å². The Morgan fingerprint density at radius 3 is 2.76 bits per heavy atom. The van der Waals surface area contributed by atoms with E-state index in [4.69, 9.17) is 10.5 Å². The number of amides is 1. The van der Waals surface area contributed by atoms with Gasteiger partial charge in [-0.05, 0) is 33.1 Å². The zero-order chi connectivity index (χ0) is 12.5. The largest absolute Gasteiger partial charge is 0.378 e. The Morgan fingerprint density at radius 2 is 2.29 bits per heavy atom. The number of nitrogens with one attached hydrogen (secondary N) is 1. The third-order valence-corrected chi connectivity index (χ3v) is 4.28. The van der Waals surface area contributed by atoms with Crippen LogP contribution in [-0.4, -0.2) is 30.7 Å². The topological polar surface area (TPSA) is 64.3 Å². The van der Waals surface area contributed by atoms with Crippen molar-refractivity contribution >= 4 is 5.91 Å². The van der Waals surface area contributed by atoms with E-state index < -0.39 is 0 Å². The van der Waals surface area contributed by atoms with Crippen LogP contribution in [0.25, 0.3) is 0 Å². The number of carbonyl (C=O) groups excluding carboxylic acids is 1. The molecule has 0 radical (unpaired) electrons. The van der Waals surface area contributed by atoms with E-state index in [0.29, 0.717) is 18.6 Å². The van der Waals surface area contributed by atoms with Crippen molar-refractivity contribution < 1.29 is 9.53 Å². The lowest BCUT2D eigenvalue weighted by atomic mass is 9.51. The lowest BCUT2D eigenvalue weighted by Crippen LogP contribution is -2.67. The summed E-state index contributed by atoms with van der Waals surface area (Å²) in [5.41, 5.74) is 5.89. The molecule has 3 unspecified atom stereocenters. The third kappa shape index (κ3) is 2.33. The normalized spacial score (nSPS) is 31.5. The zero-order valence-corrected chi connectivity index (χ0v) is 10.9. The van der Waals surface area contributed by atoms with Gasteiger partial charge in [-0.15, -0.1) is 0 Å². The predicted octanol–water partition coefficient (Wildman–Crippen LogP) is 1.19. The van der Waals surface area contributed by atoms with E-state index in [2.05, 4.69) is 5.32 Å². The molecular weight excluding hydrogens is 216 g/mol. The summed E-state index contributed by atoms with van der Waals surface area (Å²) in [5, 5.41) is 3.13. The van der Waals surface area contributed by atoms with Crippen LogP contribution in [0.2, 0.25) is 0 Å². The van der Waals surface area contributed by atoms with Crippen molar-refractivity contribution in [3.05, 3.63) is 0 Å². The predicted molar refractivity (Wildman–Crippen MR) is 66.5 cm³/mol. The molecule has 4 nitrogen and oxygen atoms in total. The molecule has 0 heterocycles. The van der Waals surface area contributed by atoms with E-state index in [-0.39, 0.29) is 17.4 Å². The van der Waals surface area contributed by atoms with Crippen LogP contribution in [0.3, 0.4) is 0 Å². The molecule has 4 heteroatoms. The van der Waals surface area contributed by atoms with Gasteiger partial charge < -0.3 is 15.8 Å². The van der Waals surface area contributed by atoms with Crippen molar-refractivity contribution in [3.8, 4) is 0 Å². The van der Waals surface area contributed by atoms with Crippen molar-refractivity contribution in [2.45, 2.75) is 64.1 Å². The zero-order valence-electron chi connectivity index (χ0n) is 10.9. The van der Waals surface area contributed by atoms with Gasteiger partial charge in [0.25, 0.3) is 0 Å². The number of carbonyl (C=O) groups is 1. The van der Waals surface area contributed by atoms with E-state index in [0.717, 1.165) is 13.0 Å². The van der Waals surface area contributed by atoms with E-state index in [1.807, 2.05) is 13.8 Å². The van der Waals surface area contributed by atoms with Gasteiger partial charge in [0.1, 0.15) is 0 Å². The molecule has 0 aromatic rings. The summed E-state index contributed by atoms with van der Waals surface area (Å²) in [4.78, 5) is 11.7. The molecule has 1 spiro atoms. The van der Waals surface area contributed by atoms with Gasteiger partial charge in [0.15, 0.2) is 0 Å². The highest BCUT2D eigenvalue weighted by Crippen LogP contribution is 2.57. The highest BCUT2D eigenvalue weighted by molar-refractivity contribution is 5.77. The number of hydrogen-bond donors (Lipinski definition) is 2.